The molecule has 4 heteroatoms. The van der Waals surface area contributed by atoms with Crippen molar-refractivity contribution >= 4 is 5.95 Å². The largest absolute Gasteiger partial charge is 0.385 e. The Hall–Kier alpha value is -1.03. The highest BCUT2D eigenvalue weighted by Gasteiger charge is 2.42. The van der Waals surface area contributed by atoms with Crippen molar-refractivity contribution in [2.45, 2.75) is 52.0 Å². The van der Waals surface area contributed by atoms with Crippen LogP contribution in [0.2, 0.25) is 0 Å². The normalized spacial score (nSPS) is 29.0. The Morgan fingerprint density at radius 1 is 1.43 bits per heavy atom. The van der Waals surface area contributed by atoms with Crippen molar-refractivity contribution in [2.75, 3.05) is 25.6 Å². The van der Waals surface area contributed by atoms with E-state index in [1.807, 2.05) is 0 Å². The molecule has 0 aromatic carbocycles. The van der Waals surface area contributed by atoms with E-state index < -0.39 is 0 Å². The highest BCUT2D eigenvalue weighted by Crippen LogP contribution is 2.52. The van der Waals surface area contributed by atoms with Crippen molar-refractivity contribution in [2.24, 2.45) is 17.8 Å². The lowest BCUT2D eigenvalue weighted by Gasteiger charge is -2.29. The molecule has 21 heavy (non-hydrogen) atoms. The molecule has 4 atom stereocenters. The first-order valence-electron chi connectivity index (χ1n) is 8.47. The zero-order valence-electron chi connectivity index (χ0n) is 13.6. The van der Waals surface area contributed by atoms with E-state index >= 15 is 0 Å². The van der Waals surface area contributed by atoms with Gasteiger partial charge >= 0.3 is 0 Å². The van der Waals surface area contributed by atoms with Crippen LogP contribution in [0.4, 0.5) is 5.95 Å². The average molecular weight is 291 g/mol. The number of nitrogens with zero attached hydrogens (tertiary/aromatic N) is 2. The molecule has 0 amide bonds. The van der Waals surface area contributed by atoms with Gasteiger partial charge in [0.25, 0.3) is 0 Å². The Morgan fingerprint density at radius 3 is 2.95 bits per heavy atom. The summed E-state index contributed by atoms with van der Waals surface area (Å²) in [5.41, 5.74) is 1.11. The summed E-state index contributed by atoms with van der Waals surface area (Å²) in [6.45, 7) is 6.19. The van der Waals surface area contributed by atoms with Crippen LogP contribution in [-0.4, -0.2) is 29.8 Å². The summed E-state index contributed by atoms with van der Waals surface area (Å²) in [5.74, 6) is 3.84. The number of hydrogen-bond donors (Lipinski definition) is 1. The predicted molar refractivity (Wildman–Crippen MR) is 85.6 cm³/mol. The van der Waals surface area contributed by atoms with E-state index in [0.29, 0.717) is 6.04 Å². The van der Waals surface area contributed by atoms with E-state index in [1.165, 1.54) is 25.7 Å². The van der Waals surface area contributed by atoms with Gasteiger partial charge in [0.1, 0.15) is 0 Å². The molecule has 118 valence electrons. The standard InChI is InChI=1S/C17H29N3O/c1-12-11-20(17(19-12)18-7-4-8-21-3)13(2)16-10-14-5-6-15(16)9-14/h11,13-16H,4-10H2,1-3H3,(H,18,19). The van der Waals surface area contributed by atoms with E-state index in [0.717, 1.165) is 49.0 Å². The fraction of sp³-hybridized carbons (Fsp3) is 0.824. The Morgan fingerprint density at radius 2 is 2.29 bits per heavy atom. The predicted octanol–water partition coefficient (Wildman–Crippen LogP) is 3.64. The van der Waals surface area contributed by atoms with Gasteiger partial charge in [-0.05, 0) is 57.3 Å². The van der Waals surface area contributed by atoms with Gasteiger partial charge in [0, 0.05) is 32.5 Å². The van der Waals surface area contributed by atoms with Gasteiger partial charge in [-0.2, -0.15) is 0 Å². The Labute approximate surface area is 128 Å². The third-order valence-electron chi connectivity index (χ3n) is 5.51. The first-order chi connectivity index (χ1) is 10.2. The molecule has 1 aromatic rings. The number of hydrogen-bond acceptors (Lipinski definition) is 3. The number of ether oxygens (including phenoxy) is 1. The van der Waals surface area contributed by atoms with Crippen LogP contribution in [0.25, 0.3) is 0 Å². The summed E-state index contributed by atoms with van der Waals surface area (Å²) in [5, 5.41) is 3.49. The Bertz CT molecular complexity index is 471. The van der Waals surface area contributed by atoms with Gasteiger partial charge in [-0.1, -0.05) is 6.42 Å². The van der Waals surface area contributed by atoms with Crippen molar-refractivity contribution in [1.29, 1.82) is 0 Å². The molecule has 0 saturated heterocycles. The molecule has 3 rings (SSSR count). The van der Waals surface area contributed by atoms with Crippen LogP contribution in [0.3, 0.4) is 0 Å². The number of aryl methyl sites for hydroxylation is 1. The molecule has 4 unspecified atom stereocenters. The van der Waals surface area contributed by atoms with Crippen LogP contribution >= 0.6 is 0 Å². The van der Waals surface area contributed by atoms with E-state index in [2.05, 4.69) is 34.9 Å². The molecule has 4 nitrogen and oxygen atoms in total. The second kappa shape index (κ2) is 6.39. The number of methoxy groups -OCH3 is 1. The van der Waals surface area contributed by atoms with Crippen molar-refractivity contribution in [3.63, 3.8) is 0 Å². The highest BCUT2D eigenvalue weighted by molar-refractivity contribution is 5.29. The van der Waals surface area contributed by atoms with Gasteiger partial charge in [0.15, 0.2) is 0 Å². The van der Waals surface area contributed by atoms with Gasteiger partial charge in [-0.25, -0.2) is 4.98 Å². The molecule has 0 spiro atoms. The summed E-state index contributed by atoms with van der Waals surface area (Å²) in [6, 6.07) is 0.562. The van der Waals surface area contributed by atoms with Crippen molar-refractivity contribution < 1.29 is 4.74 Å². The smallest absolute Gasteiger partial charge is 0.203 e. The lowest BCUT2D eigenvalue weighted by molar-refractivity contribution is 0.197. The highest BCUT2D eigenvalue weighted by atomic mass is 16.5. The number of aromatic nitrogens is 2. The lowest BCUT2D eigenvalue weighted by atomic mass is 9.84. The molecule has 1 N–H and O–H groups in total. The van der Waals surface area contributed by atoms with Gasteiger partial charge in [0.05, 0.1) is 5.69 Å². The average Bonchev–Trinajstić information content (AvgIpc) is 3.18. The fourth-order valence-corrected chi connectivity index (χ4v) is 4.47. The van der Waals surface area contributed by atoms with E-state index in [-0.39, 0.29) is 0 Å². The summed E-state index contributed by atoms with van der Waals surface area (Å²) in [7, 11) is 1.75. The van der Waals surface area contributed by atoms with Crippen LogP contribution in [0, 0.1) is 24.7 Å². The van der Waals surface area contributed by atoms with Crippen LogP contribution in [0.1, 0.15) is 50.8 Å². The number of imidazole rings is 1. The third kappa shape index (κ3) is 3.10. The lowest BCUT2D eigenvalue weighted by Crippen LogP contribution is -2.23. The van der Waals surface area contributed by atoms with Crippen molar-refractivity contribution in [3.8, 4) is 0 Å². The second-order valence-corrected chi connectivity index (χ2v) is 6.97. The molecule has 2 aliphatic rings. The van der Waals surface area contributed by atoms with Crippen molar-refractivity contribution in [3.05, 3.63) is 11.9 Å². The first kappa shape index (κ1) is 14.9. The molecular formula is C17H29N3O. The third-order valence-corrected chi connectivity index (χ3v) is 5.51. The molecule has 2 fully saturated rings. The first-order valence-corrected chi connectivity index (χ1v) is 8.47. The summed E-state index contributed by atoms with van der Waals surface area (Å²) >= 11 is 0. The molecular weight excluding hydrogens is 262 g/mol. The quantitative estimate of drug-likeness (QED) is 0.780. The van der Waals surface area contributed by atoms with Crippen LogP contribution < -0.4 is 5.32 Å². The Balaban J connectivity index is 1.66. The van der Waals surface area contributed by atoms with Gasteiger partial charge in [0.2, 0.25) is 5.95 Å². The van der Waals surface area contributed by atoms with E-state index in [9.17, 15) is 0 Å². The Kier molecular flexibility index (Phi) is 4.53. The summed E-state index contributed by atoms with van der Waals surface area (Å²) in [4.78, 5) is 4.67. The van der Waals surface area contributed by atoms with Gasteiger partial charge in [-0.3, -0.25) is 0 Å². The topological polar surface area (TPSA) is 39.1 Å². The number of anilines is 1. The van der Waals surface area contributed by atoms with E-state index in [1.54, 1.807) is 7.11 Å². The molecule has 1 heterocycles. The molecule has 2 aliphatic carbocycles. The fourth-order valence-electron chi connectivity index (χ4n) is 4.47. The summed E-state index contributed by atoms with van der Waals surface area (Å²) < 4.78 is 7.49. The minimum Gasteiger partial charge on any atom is -0.385 e. The minimum absolute atomic E-state index is 0.562. The molecule has 2 bridgehead atoms. The number of fused-ring (bicyclic) bond motifs is 2. The molecule has 1 aromatic heterocycles. The second-order valence-electron chi connectivity index (χ2n) is 6.97. The molecule has 0 radical (unpaired) electrons. The van der Waals surface area contributed by atoms with Crippen LogP contribution in [0.5, 0.6) is 0 Å². The number of rotatable bonds is 7. The molecule has 2 saturated carbocycles. The zero-order valence-corrected chi connectivity index (χ0v) is 13.6. The molecule has 0 aliphatic heterocycles. The number of nitrogens with one attached hydrogen (secondary N) is 1. The van der Waals surface area contributed by atoms with Crippen LogP contribution in [0.15, 0.2) is 6.20 Å². The van der Waals surface area contributed by atoms with Gasteiger partial charge < -0.3 is 14.6 Å². The van der Waals surface area contributed by atoms with Crippen LogP contribution in [-0.2, 0) is 4.74 Å². The maximum Gasteiger partial charge on any atom is 0.203 e. The zero-order chi connectivity index (χ0) is 14.8. The maximum absolute atomic E-state index is 5.11. The maximum atomic E-state index is 5.11. The minimum atomic E-state index is 0.562. The monoisotopic (exact) mass is 291 g/mol. The SMILES string of the molecule is COCCCNc1nc(C)cn1C(C)C1CC2CCC1C2. The summed E-state index contributed by atoms with van der Waals surface area (Å²) in [6.07, 6.45) is 9.05. The van der Waals surface area contributed by atoms with Crippen molar-refractivity contribution in [1.82, 2.24) is 9.55 Å². The van der Waals surface area contributed by atoms with E-state index in [4.69, 9.17) is 4.74 Å². The van der Waals surface area contributed by atoms with Gasteiger partial charge in [-0.15, -0.1) is 0 Å².